The van der Waals surface area contributed by atoms with Crippen molar-refractivity contribution in [3.8, 4) is 0 Å². The molecular weight excluding hydrogens is 264 g/mol. The Morgan fingerprint density at radius 1 is 1.14 bits per heavy atom. The molecule has 0 spiro atoms. The average Bonchev–Trinajstić information content (AvgIpc) is 2.75. The van der Waals surface area contributed by atoms with Crippen LogP contribution < -0.4 is 5.32 Å². The van der Waals surface area contributed by atoms with Gasteiger partial charge < -0.3 is 10.4 Å². The second kappa shape index (κ2) is 6.12. The van der Waals surface area contributed by atoms with Gasteiger partial charge in [-0.3, -0.25) is 0 Å². The fourth-order valence-corrected chi connectivity index (χ4v) is 3.01. The van der Waals surface area contributed by atoms with Crippen LogP contribution in [0.3, 0.4) is 0 Å². The van der Waals surface area contributed by atoms with Crippen LogP contribution in [0.15, 0.2) is 30.3 Å². The van der Waals surface area contributed by atoms with Crippen LogP contribution in [0, 0.1) is 0 Å². The molecule has 1 aliphatic carbocycles. The number of carbonyl (C=O) groups is 1. The van der Waals surface area contributed by atoms with E-state index in [0.717, 1.165) is 23.7 Å². The number of pyridine rings is 1. The smallest absolute Gasteiger partial charge is 0.339 e. The molecule has 1 aliphatic rings. The van der Waals surface area contributed by atoms with Crippen molar-refractivity contribution in [1.82, 2.24) is 4.98 Å². The summed E-state index contributed by atoms with van der Waals surface area (Å²) in [5, 5.41) is 13.7. The van der Waals surface area contributed by atoms with Gasteiger partial charge >= 0.3 is 5.97 Å². The van der Waals surface area contributed by atoms with Crippen LogP contribution in [0.4, 0.5) is 5.82 Å². The minimum absolute atomic E-state index is 0.262. The Kier molecular flexibility index (Phi) is 4.04. The predicted octanol–water partition coefficient (Wildman–Crippen LogP) is 4.07. The molecular formula is C17H20N2O2. The fourth-order valence-electron chi connectivity index (χ4n) is 3.01. The summed E-state index contributed by atoms with van der Waals surface area (Å²) in [5.41, 5.74) is 1.09. The molecule has 1 fully saturated rings. The lowest BCUT2D eigenvalue weighted by Crippen LogP contribution is -2.21. The maximum absolute atomic E-state index is 11.5. The highest BCUT2D eigenvalue weighted by molar-refractivity contribution is 5.98. The molecule has 0 bridgehead atoms. The van der Waals surface area contributed by atoms with Crippen LogP contribution in [-0.4, -0.2) is 22.1 Å². The zero-order chi connectivity index (χ0) is 14.7. The third kappa shape index (κ3) is 3.15. The molecule has 1 heterocycles. The summed E-state index contributed by atoms with van der Waals surface area (Å²) < 4.78 is 0. The zero-order valence-electron chi connectivity index (χ0n) is 12.0. The van der Waals surface area contributed by atoms with E-state index in [2.05, 4.69) is 10.3 Å². The van der Waals surface area contributed by atoms with Crippen molar-refractivity contribution in [2.24, 2.45) is 0 Å². The monoisotopic (exact) mass is 284 g/mol. The van der Waals surface area contributed by atoms with Gasteiger partial charge in [0.25, 0.3) is 0 Å². The Morgan fingerprint density at radius 3 is 2.57 bits per heavy atom. The maximum atomic E-state index is 11.5. The second-order valence-electron chi connectivity index (χ2n) is 5.72. The summed E-state index contributed by atoms with van der Waals surface area (Å²) in [6, 6.07) is 9.67. The molecule has 2 aromatic rings. The second-order valence-corrected chi connectivity index (χ2v) is 5.72. The van der Waals surface area contributed by atoms with Crippen molar-refractivity contribution in [2.45, 2.75) is 44.6 Å². The van der Waals surface area contributed by atoms with Crippen LogP contribution in [0.5, 0.6) is 0 Å². The number of aromatic carboxylic acids is 1. The number of nitrogens with one attached hydrogen (secondary N) is 1. The van der Waals surface area contributed by atoms with Gasteiger partial charge in [0.2, 0.25) is 0 Å². The molecule has 21 heavy (non-hydrogen) atoms. The van der Waals surface area contributed by atoms with Crippen LogP contribution in [0.1, 0.15) is 48.9 Å². The minimum Gasteiger partial charge on any atom is -0.478 e. The Labute approximate surface area is 124 Å². The van der Waals surface area contributed by atoms with E-state index in [9.17, 15) is 9.90 Å². The Morgan fingerprint density at radius 2 is 1.86 bits per heavy atom. The normalized spacial score (nSPS) is 16.6. The van der Waals surface area contributed by atoms with Crippen LogP contribution in [0.25, 0.3) is 10.9 Å². The van der Waals surface area contributed by atoms with Gasteiger partial charge in [-0.2, -0.15) is 0 Å². The number of aromatic nitrogens is 1. The number of fused-ring (bicyclic) bond motifs is 1. The van der Waals surface area contributed by atoms with Gasteiger partial charge in [-0.1, -0.05) is 43.9 Å². The molecule has 4 heteroatoms. The van der Waals surface area contributed by atoms with Crippen LogP contribution >= 0.6 is 0 Å². The van der Waals surface area contributed by atoms with Gasteiger partial charge in [0, 0.05) is 11.4 Å². The van der Waals surface area contributed by atoms with Gasteiger partial charge in [-0.15, -0.1) is 0 Å². The summed E-state index contributed by atoms with van der Waals surface area (Å²) >= 11 is 0. The Hall–Kier alpha value is -2.10. The largest absolute Gasteiger partial charge is 0.478 e. The first-order valence-electron chi connectivity index (χ1n) is 7.63. The summed E-state index contributed by atoms with van der Waals surface area (Å²) in [6.45, 7) is 0. The van der Waals surface area contributed by atoms with E-state index in [1.54, 1.807) is 6.07 Å². The molecule has 2 N–H and O–H groups in total. The zero-order valence-corrected chi connectivity index (χ0v) is 12.0. The van der Waals surface area contributed by atoms with Crippen LogP contribution in [-0.2, 0) is 0 Å². The molecule has 0 atom stereocenters. The predicted molar refractivity (Wildman–Crippen MR) is 83.8 cm³/mol. The van der Waals surface area contributed by atoms with Gasteiger partial charge in [-0.05, 0) is 25.0 Å². The average molecular weight is 284 g/mol. The molecule has 0 aliphatic heterocycles. The number of anilines is 1. The van der Waals surface area contributed by atoms with E-state index in [1.807, 2.05) is 24.3 Å². The van der Waals surface area contributed by atoms with Crippen molar-refractivity contribution in [1.29, 1.82) is 0 Å². The van der Waals surface area contributed by atoms with Crippen molar-refractivity contribution in [3.63, 3.8) is 0 Å². The summed E-state index contributed by atoms with van der Waals surface area (Å²) in [5.74, 6) is -0.419. The first-order valence-corrected chi connectivity index (χ1v) is 7.63. The standard InChI is InChI=1S/C17H20N2O2/c20-17(21)14-11-12-7-5-6-10-15(12)19-16(14)18-13-8-3-1-2-4-9-13/h5-7,10-11,13H,1-4,8-9H2,(H,18,19)(H,20,21). The van der Waals surface area contributed by atoms with Crippen molar-refractivity contribution in [3.05, 3.63) is 35.9 Å². The maximum Gasteiger partial charge on any atom is 0.339 e. The third-order valence-corrected chi connectivity index (χ3v) is 4.15. The Bertz CT molecular complexity index is 646. The lowest BCUT2D eigenvalue weighted by molar-refractivity contribution is 0.0697. The quantitative estimate of drug-likeness (QED) is 0.834. The van der Waals surface area contributed by atoms with Crippen LogP contribution in [0.2, 0.25) is 0 Å². The van der Waals surface area contributed by atoms with Crippen molar-refractivity contribution < 1.29 is 9.90 Å². The Balaban J connectivity index is 1.95. The van der Waals surface area contributed by atoms with Gasteiger partial charge in [0.1, 0.15) is 11.4 Å². The van der Waals surface area contributed by atoms with Crippen molar-refractivity contribution >= 4 is 22.7 Å². The lowest BCUT2D eigenvalue weighted by Gasteiger charge is -2.18. The van der Waals surface area contributed by atoms with E-state index in [4.69, 9.17) is 0 Å². The number of hydrogen-bond donors (Lipinski definition) is 2. The highest BCUT2D eigenvalue weighted by Gasteiger charge is 2.18. The molecule has 110 valence electrons. The lowest BCUT2D eigenvalue weighted by atomic mass is 10.1. The fraction of sp³-hybridized carbons (Fsp3) is 0.412. The first-order chi connectivity index (χ1) is 10.2. The summed E-state index contributed by atoms with van der Waals surface area (Å²) in [6.07, 6.45) is 7.13. The molecule has 1 aromatic carbocycles. The molecule has 3 rings (SSSR count). The number of carboxylic acid groups (broad SMARTS) is 1. The third-order valence-electron chi connectivity index (χ3n) is 4.15. The number of nitrogens with zero attached hydrogens (tertiary/aromatic N) is 1. The highest BCUT2D eigenvalue weighted by Crippen LogP contribution is 2.25. The topological polar surface area (TPSA) is 62.2 Å². The minimum atomic E-state index is -0.927. The number of carboxylic acids is 1. The number of hydrogen-bond acceptors (Lipinski definition) is 3. The van der Waals surface area contributed by atoms with E-state index in [-0.39, 0.29) is 5.56 Å². The van der Waals surface area contributed by atoms with E-state index in [0.29, 0.717) is 11.9 Å². The van der Waals surface area contributed by atoms with Crippen molar-refractivity contribution in [2.75, 3.05) is 5.32 Å². The number of para-hydroxylation sites is 1. The molecule has 0 amide bonds. The highest BCUT2D eigenvalue weighted by atomic mass is 16.4. The number of benzene rings is 1. The molecule has 0 saturated heterocycles. The molecule has 1 aromatic heterocycles. The molecule has 0 radical (unpaired) electrons. The first kappa shape index (κ1) is 13.9. The van der Waals surface area contributed by atoms with Gasteiger partial charge in [0.15, 0.2) is 0 Å². The van der Waals surface area contributed by atoms with E-state index < -0.39 is 5.97 Å². The van der Waals surface area contributed by atoms with E-state index >= 15 is 0 Å². The summed E-state index contributed by atoms with van der Waals surface area (Å²) in [4.78, 5) is 16.0. The summed E-state index contributed by atoms with van der Waals surface area (Å²) in [7, 11) is 0. The molecule has 1 saturated carbocycles. The molecule has 0 unspecified atom stereocenters. The van der Waals surface area contributed by atoms with Gasteiger partial charge in [-0.25, -0.2) is 9.78 Å². The molecule has 4 nitrogen and oxygen atoms in total. The van der Waals surface area contributed by atoms with E-state index in [1.165, 1.54) is 25.7 Å². The number of rotatable bonds is 3. The van der Waals surface area contributed by atoms with Gasteiger partial charge in [0.05, 0.1) is 5.52 Å². The SMILES string of the molecule is O=C(O)c1cc2ccccc2nc1NC1CCCCCC1.